The SMILES string of the molecule is CCOc1cccc(N2C(=O)NC(=O)C2=O)c1. The van der Waals surface area contributed by atoms with E-state index in [1.165, 1.54) is 6.07 Å². The van der Waals surface area contributed by atoms with Crippen LogP contribution >= 0.6 is 0 Å². The first kappa shape index (κ1) is 11.1. The monoisotopic (exact) mass is 234 g/mol. The van der Waals surface area contributed by atoms with Gasteiger partial charge in [0.2, 0.25) is 0 Å². The maximum Gasteiger partial charge on any atom is 0.336 e. The summed E-state index contributed by atoms with van der Waals surface area (Å²) in [7, 11) is 0. The van der Waals surface area contributed by atoms with Gasteiger partial charge in [0.05, 0.1) is 12.3 Å². The van der Waals surface area contributed by atoms with Gasteiger partial charge in [0.15, 0.2) is 0 Å². The van der Waals surface area contributed by atoms with Crippen molar-refractivity contribution in [3.8, 4) is 5.75 Å². The number of rotatable bonds is 3. The number of amides is 4. The minimum absolute atomic E-state index is 0.310. The number of urea groups is 1. The molecule has 0 saturated carbocycles. The molecule has 0 unspecified atom stereocenters. The van der Waals surface area contributed by atoms with Gasteiger partial charge in [-0.15, -0.1) is 0 Å². The summed E-state index contributed by atoms with van der Waals surface area (Å²) in [6.07, 6.45) is 0. The molecule has 0 aromatic heterocycles. The van der Waals surface area contributed by atoms with E-state index in [9.17, 15) is 14.4 Å². The lowest BCUT2D eigenvalue weighted by molar-refractivity contribution is -0.134. The summed E-state index contributed by atoms with van der Waals surface area (Å²) in [5.74, 6) is -1.27. The van der Waals surface area contributed by atoms with Gasteiger partial charge in [-0.2, -0.15) is 0 Å². The summed E-state index contributed by atoms with van der Waals surface area (Å²) in [4.78, 5) is 34.6. The van der Waals surface area contributed by atoms with Crippen LogP contribution in [0.25, 0.3) is 0 Å². The Labute approximate surface area is 97.2 Å². The quantitative estimate of drug-likeness (QED) is 0.616. The normalized spacial score (nSPS) is 15.1. The Morgan fingerprint density at radius 3 is 2.65 bits per heavy atom. The summed E-state index contributed by atoms with van der Waals surface area (Å²) in [6.45, 7) is 2.30. The van der Waals surface area contributed by atoms with Crippen LogP contribution in [0.1, 0.15) is 6.92 Å². The minimum Gasteiger partial charge on any atom is -0.494 e. The molecule has 1 aliphatic heterocycles. The van der Waals surface area contributed by atoms with E-state index in [0.29, 0.717) is 18.0 Å². The van der Waals surface area contributed by atoms with Crippen LogP contribution in [0.15, 0.2) is 24.3 Å². The second-order valence-electron chi connectivity index (χ2n) is 3.33. The van der Waals surface area contributed by atoms with Crippen LogP contribution in [0.4, 0.5) is 10.5 Å². The van der Waals surface area contributed by atoms with E-state index in [-0.39, 0.29) is 0 Å². The fourth-order valence-corrected chi connectivity index (χ4v) is 1.51. The minimum atomic E-state index is -0.920. The van der Waals surface area contributed by atoms with Crippen molar-refractivity contribution in [2.75, 3.05) is 11.5 Å². The highest BCUT2D eigenvalue weighted by Crippen LogP contribution is 2.23. The molecule has 1 aromatic carbocycles. The number of anilines is 1. The third-order valence-corrected chi connectivity index (χ3v) is 2.21. The van der Waals surface area contributed by atoms with Gasteiger partial charge < -0.3 is 4.74 Å². The van der Waals surface area contributed by atoms with E-state index in [0.717, 1.165) is 4.90 Å². The fourth-order valence-electron chi connectivity index (χ4n) is 1.51. The summed E-state index contributed by atoms with van der Waals surface area (Å²) >= 11 is 0. The first-order valence-corrected chi connectivity index (χ1v) is 5.05. The molecule has 6 nitrogen and oxygen atoms in total. The zero-order valence-electron chi connectivity index (χ0n) is 9.10. The average Bonchev–Trinajstić information content (AvgIpc) is 2.54. The maximum atomic E-state index is 11.4. The van der Waals surface area contributed by atoms with Gasteiger partial charge in [-0.25, -0.2) is 9.69 Å². The second-order valence-corrected chi connectivity index (χ2v) is 3.33. The summed E-state index contributed by atoms with van der Waals surface area (Å²) in [5.41, 5.74) is 0.310. The van der Waals surface area contributed by atoms with Crippen LogP contribution in [0.2, 0.25) is 0 Å². The van der Waals surface area contributed by atoms with Gasteiger partial charge in [0, 0.05) is 6.07 Å². The molecule has 1 N–H and O–H groups in total. The van der Waals surface area contributed by atoms with Crippen molar-refractivity contribution < 1.29 is 19.1 Å². The average molecular weight is 234 g/mol. The Kier molecular flexibility index (Phi) is 2.78. The topological polar surface area (TPSA) is 75.7 Å². The van der Waals surface area contributed by atoms with E-state index in [1.807, 2.05) is 12.2 Å². The predicted molar refractivity (Wildman–Crippen MR) is 58.6 cm³/mol. The number of ether oxygens (including phenoxy) is 1. The Morgan fingerprint density at radius 1 is 1.29 bits per heavy atom. The smallest absolute Gasteiger partial charge is 0.336 e. The van der Waals surface area contributed by atoms with Crippen molar-refractivity contribution in [1.29, 1.82) is 0 Å². The molecule has 1 saturated heterocycles. The van der Waals surface area contributed by atoms with Crippen molar-refractivity contribution >= 4 is 23.5 Å². The van der Waals surface area contributed by atoms with Crippen LogP contribution in [0.3, 0.4) is 0 Å². The van der Waals surface area contributed by atoms with Crippen molar-refractivity contribution in [3.63, 3.8) is 0 Å². The van der Waals surface area contributed by atoms with E-state index in [1.54, 1.807) is 18.2 Å². The number of benzene rings is 1. The molecule has 0 bridgehead atoms. The number of carbonyl (C=O) groups is 3. The Balaban J connectivity index is 2.33. The van der Waals surface area contributed by atoms with E-state index in [2.05, 4.69) is 0 Å². The molecule has 0 spiro atoms. The zero-order chi connectivity index (χ0) is 12.4. The zero-order valence-corrected chi connectivity index (χ0v) is 9.10. The van der Waals surface area contributed by atoms with Gasteiger partial charge in [0.1, 0.15) is 5.75 Å². The number of hydrogen-bond acceptors (Lipinski definition) is 4. The third kappa shape index (κ3) is 1.96. The molecule has 17 heavy (non-hydrogen) atoms. The molecule has 6 heteroatoms. The molecular weight excluding hydrogens is 224 g/mol. The summed E-state index contributed by atoms with van der Waals surface area (Å²) in [6, 6.07) is 5.68. The molecule has 0 aliphatic carbocycles. The van der Waals surface area contributed by atoms with E-state index >= 15 is 0 Å². The molecule has 88 valence electrons. The first-order chi connectivity index (χ1) is 8.13. The van der Waals surface area contributed by atoms with Crippen molar-refractivity contribution in [3.05, 3.63) is 24.3 Å². The second kappa shape index (κ2) is 4.25. The lowest BCUT2D eigenvalue weighted by Crippen LogP contribution is -2.30. The van der Waals surface area contributed by atoms with Gasteiger partial charge in [-0.05, 0) is 19.1 Å². The van der Waals surface area contributed by atoms with Crippen LogP contribution in [-0.4, -0.2) is 24.5 Å². The molecule has 1 fully saturated rings. The Hall–Kier alpha value is -2.37. The molecule has 0 atom stereocenters. The highest BCUT2D eigenvalue weighted by molar-refractivity contribution is 6.53. The third-order valence-electron chi connectivity index (χ3n) is 2.21. The van der Waals surface area contributed by atoms with Crippen LogP contribution < -0.4 is 15.0 Å². The molecule has 1 heterocycles. The highest BCUT2D eigenvalue weighted by atomic mass is 16.5. The first-order valence-electron chi connectivity index (χ1n) is 5.05. The number of hydrogen-bond donors (Lipinski definition) is 1. The standard InChI is InChI=1S/C11H10N2O4/c1-2-17-8-5-3-4-7(6-8)13-10(15)9(14)12-11(13)16/h3-6H,2H2,1H3,(H,12,14,16). The van der Waals surface area contributed by atoms with Crippen LogP contribution in [-0.2, 0) is 9.59 Å². The molecular formula is C11H10N2O4. The highest BCUT2D eigenvalue weighted by Gasteiger charge is 2.38. The number of imide groups is 2. The lowest BCUT2D eigenvalue weighted by Gasteiger charge is -2.12. The van der Waals surface area contributed by atoms with E-state index in [4.69, 9.17) is 4.74 Å². The van der Waals surface area contributed by atoms with Crippen molar-refractivity contribution in [2.24, 2.45) is 0 Å². The lowest BCUT2D eigenvalue weighted by atomic mass is 10.3. The molecule has 1 aromatic rings. The Morgan fingerprint density at radius 2 is 2.06 bits per heavy atom. The van der Waals surface area contributed by atoms with Gasteiger partial charge >= 0.3 is 17.8 Å². The number of nitrogens with one attached hydrogen (secondary N) is 1. The van der Waals surface area contributed by atoms with Crippen molar-refractivity contribution in [2.45, 2.75) is 6.92 Å². The van der Waals surface area contributed by atoms with E-state index < -0.39 is 17.8 Å². The largest absolute Gasteiger partial charge is 0.494 e. The van der Waals surface area contributed by atoms with Crippen LogP contribution in [0.5, 0.6) is 5.75 Å². The van der Waals surface area contributed by atoms with Gasteiger partial charge in [-0.1, -0.05) is 6.07 Å². The maximum absolute atomic E-state index is 11.4. The van der Waals surface area contributed by atoms with Crippen molar-refractivity contribution in [1.82, 2.24) is 5.32 Å². The molecule has 4 amide bonds. The number of carbonyl (C=O) groups excluding carboxylic acids is 3. The molecule has 2 rings (SSSR count). The molecule has 0 radical (unpaired) electrons. The fraction of sp³-hybridized carbons (Fsp3) is 0.182. The summed E-state index contributed by atoms with van der Waals surface area (Å²) < 4.78 is 5.25. The number of nitrogens with zero attached hydrogens (tertiary/aromatic N) is 1. The molecule has 1 aliphatic rings. The predicted octanol–water partition coefficient (Wildman–Crippen LogP) is 0.668. The summed E-state index contributed by atoms with van der Waals surface area (Å²) in [5, 5.41) is 1.92. The van der Waals surface area contributed by atoms with Gasteiger partial charge in [-0.3, -0.25) is 14.9 Å². The Bertz CT molecular complexity index is 498. The van der Waals surface area contributed by atoms with Gasteiger partial charge in [0.25, 0.3) is 0 Å². The van der Waals surface area contributed by atoms with Crippen LogP contribution in [0, 0.1) is 0 Å².